The molecule has 2 rings (SSSR count). The van der Waals surface area contributed by atoms with Crippen molar-refractivity contribution >= 4 is 15.9 Å². The highest BCUT2D eigenvalue weighted by Crippen LogP contribution is 2.31. The molecule has 16 heavy (non-hydrogen) atoms. The molecule has 0 radical (unpaired) electrons. The van der Waals surface area contributed by atoms with Crippen LogP contribution in [-0.2, 0) is 0 Å². The molecule has 1 aromatic rings. The van der Waals surface area contributed by atoms with Crippen molar-refractivity contribution in [1.82, 2.24) is 10.6 Å². The number of rotatable bonds is 4. The topological polar surface area (TPSA) is 33.3 Å². The van der Waals surface area contributed by atoms with E-state index < -0.39 is 0 Å². The van der Waals surface area contributed by atoms with Gasteiger partial charge in [0.2, 0.25) is 0 Å². The summed E-state index contributed by atoms with van der Waals surface area (Å²) in [5, 5.41) is 6.69. The van der Waals surface area contributed by atoms with Crippen LogP contribution in [-0.4, -0.2) is 27.2 Å². The van der Waals surface area contributed by atoms with Crippen LogP contribution in [0.4, 0.5) is 0 Å². The molecule has 0 amide bonds. The lowest BCUT2D eigenvalue weighted by Gasteiger charge is -2.35. The highest BCUT2D eigenvalue weighted by molar-refractivity contribution is 9.10. The molecule has 2 N–H and O–H groups in total. The van der Waals surface area contributed by atoms with Crippen LogP contribution in [0.2, 0.25) is 0 Å². The molecule has 1 aromatic carbocycles. The molecule has 3 nitrogen and oxygen atoms in total. The molecule has 0 bridgehead atoms. The van der Waals surface area contributed by atoms with Crippen LogP contribution < -0.4 is 15.4 Å². The Balaban J connectivity index is 2.21. The Bertz CT molecular complexity index is 366. The smallest absolute Gasteiger partial charge is 0.133 e. The van der Waals surface area contributed by atoms with E-state index in [4.69, 9.17) is 4.74 Å². The summed E-state index contributed by atoms with van der Waals surface area (Å²) in [6.45, 7) is 2.18. The summed E-state index contributed by atoms with van der Waals surface area (Å²) >= 11 is 3.53. The second kappa shape index (κ2) is 5.17. The molecular formula is C12H17BrN2O. The maximum atomic E-state index is 5.23. The van der Waals surface area contributed by atoms with Crippen LogP contribution in [0.3, 0.4) is 0 Å². The predicted octanol–water partition coefficient (Wildman–Crippen LogP) is 1.94. The molecule has 0 aromatic heterocycles. The summed E-state index contributed by atoms with van der Waals surface area (Å²) < 4.78 is 6.25. The minimum absolute atomic E-state index is 0.420. The molecule has 1 unspecified atom stereocenters. The van der Waals surface area contributed by atoms with Crippen molar-refractivity contribution in [3.8, 4) is 5.75 Å². The minimum Gasteiger partial charge on any atom is -0.496 e. The standard InChI is InChI=1S/C12H17BrN2O/c1-14-12(9-6-15-7-9)8-3-4-11(16-2)10(13)5-8/h3-5,9,12,14-15H,6-7H2,1-2H3. The van der Waals surface area contributed by atoms with E-state index in [0.717, 1.165) is 23.3 Å². The number of hydrogen-bond donors (Lipinski definition) is 2. The van der Waals surface area contributed by atoms with Gasteiger partial charge in [-0.25, -0.2) is 0 Å². The Morgan fingerprint density at radius 3 is 2.69 bits per heavy atom. The van der Waals surface area contributed by atoms with Gasteiger partial charge in [0.25, 0.3) is 0 Å². The second-order valence-corrected chi connectivity index (χ2v) is 4.93. The molecular weight excluding hydrogens is 268 g/mol. The zero-order chi connectivity index (χ0) is 11.5. The van der Waals surface area contributed by atoms with E-state index in [-0.39, 0.29) is 0 Å². The van der Waals surface area contributed by atoms with Crippen molar-refractivity contribution in [2.75, 3.05) is 27.2 Å². The first-order valence-electron chi connectivity index (χ1n) is 5.47. The SMILES string of the molecule is CNC(c1ccc(OC)c(Br)c1)C1CNC1. The molecule has 0 aliphatic carbocycles. The van der Waals surface area contributed by atoms with Gasteiger partial charge < -0.3 is 15.4 Å². The Kier molecular flexibility index (Phi) is 3.84. The largest absolute Gasteiger partial charge is 0.496 e. The van der Waals surface area contributed by atoms with E-state index in [1.54, 1.807) is 7.11 Å². The Morgan fingerprint density at radius 1 is 1.50 bits per heavy atom. The predicted molar refractivity (Wildman–Crippen MR) is 68.9 cm³/mol. The number of methoxy groups -OCH3 is 1. The average molecular weight is 285 g/mol. The fourth-order valence-corrected chi connectivity index (χ4v) is 2.66. The number of halogens is 1. The first kappa shape index (κ1) is 11.9. The van der Waals surface area contributed by atoms with Gasteiger partial charge in [-0.3, -0.25) is 0 Å². The third-order valence-electron chi connectivity index (χ3n) is 3.13. The molecule has 1 saturated heterocycles. The van der Waals surface area contributed by atoms with Gasteiger partial charge in [0.15, 0.2) is 0 Å². The van der Waals surface area contributed by atoms with Gasteiger partial charge in [-0.2, -0.15) is 0 Å². The first-order chi connectivity index (χ1) is 7.76. The summed E-state index contributed by atoms with van der Waals surface area (Å²) in [7, 11) is 3.70. The normalized spacial score (nSPS) is 17.9. The number of benzene rings is 1. The third kappa shape index (κ3) is 2.24. The summed E-state index contributed by atoms with van der Waals surface area (Å²) in [6.07, 6.45) is 0. The molecule has 1 fully saturated rings. The van der Waals surface area contributed by atoms with E-state index in [0.29, 0.717) is 12.0 Å². The minimum atomic E-state index is 0.420. The number of nitrogens with one attached hydrogen (secondary N) is 2. The zero-order valence-electron chi connectivity index (χ0n) is 9.59. The van der Waals surface area contributed by atoms with E-state index in [1.807, 2.05) is 13.1 Å². The number of hydrogen-bond acceptors (Lipinski definition) is 3. The third-order valence-corrected chi connectivity index (χ3v) is 3.75. The number of ether oxygens (including phenoxy) is 1. The van der Waals surface area contributed by atoms with Gasteiger partial charge in [0.1, 0.15) is 5.75 Å². The lowest BCUT2D eigenvalue weighted by atomic mass is 9.88. The maximum absolute atomic E-state index is 5.23. The van der Waals surface area contributed by atoms with Crippen molar-refractivity contribution in [3.05, 3.63) is 28.2 Å². The van der Waals surface area contributed by atoms with Gasteiger partial charge in [-0.1, -0.05) is 6.07 Å². The van der Waals surface area contributed by atoms with Gasteiger partial charge in [0.05, 0.1) is 11.6 Å². The summed E-state index contributed by atoms with van der Waals surface area (Å²) in [5.74, 6) is 1.57. The van der Waals surface area contributed by atoms with E-state index in [1.165, 1.54) is 5.56 Å². The fraction of sp³-hybridized carbons (Fsp3) is 0.500. The summed E-state index contributed by atoms with van der Waals surface area (Å²) in [4.78, 5) is 0. The zero-order valence-corrected chi connectivity index (χ0v) is 11.2. The van der Waals surface area contributed by atoms with Gasteiger partial charge in [-0.15, -0.1) is 0 Å². The van der Waals surface area contributed by atoms with Crippen molar-refractivity contribution in [1.29, 1.82) is 0 Å². The molecule has 1 heterocycles. The fourth-order valence-electron chi connectivity index (χ4n) is 2.10. The van der Waals surface area contributed by atoms with Crippen molar-refractivity contribution < 1.29 is 4.74 Å². The highest BCUT2D eigenvalue weighted by Gasteiger charge is 2.27. The van der Waals surface area contributed by atoms with Crippen LogP contribution in [0, 0.1) is 5.92 Å². The van der Waals surface area contributed by atoms with Crippen LogP contribution in [0.5, 0.6) is 5.75 Å². The summed E-state index contributed by atoms with van der Waals surface area (Å²) in [5.41, 5.74) is 1.31. The van der Waals surface area contributed by atoms with Crippen molar-refractivity contribution in [3.63, 3.8) is 0 Å². The van der Waals surface area contributed by atoms with Gasteiger partial charge in [-0.05, 0) is 40.7 Å². The molecule has 1 atom stereocenters. The molecule has 88 valence electrons. The quantitative estimate of drug-likeness (QED) is 0.887. The molecule has 1 aliphatic heterocycles. The summed E-state index contributed by atoms with van der Waals surface area (Å²) in [6, 6.07) is 6.69. The highest BCUT2D eigenvalue weighted by atomic mass is 79.9. The first-order valence-corrected chi connectivity index (χ1v) is 6.27. The van der Waals surface area contributed by atoms with Crippen molar-refractivity contribution in [2.45, 2.75) is 6.04 Å². The average Bonchev–Trinajstić information content (AvgIpc) is 2.23. The van der Waals surface area contributed by atoms with Crippen LogP contribution >= 0.6 is 15.9 Å². The van der Waals surface area contributed by atoms with Crippen LogP contribution in [0.15, 0.2) is 22.7 Å². The van der Waals surface area contributed by atoms with E-state index in [2.05, 4.69) is 38.7 Å². The Labute approximate surface area is 105 Å². The van der Waals surface area contributed by atoms with Gasteiger partial charge in [0, 0.05) is 25.0 Å². The Hall–Kier alpha value is -0.580. The monoisotopic (exact) mass is 284 g/mol. The second-order valence-electron chi connectivity index (χ2n) is 4.08. The van der Waals surface area contributed by atoms with Crippen LogP contribution in [0.1, 0.15) is 11.6 Å². The van der Waals surface area contributed by atoms with E-state index >= 15 is 0 Å². The van der Waals surface area contributed by atoms with Crippen molar-refractivity contribution in [2.24, 2.45) is 5.92 Å². The Morgan fingerprint density at radius 2 is 2.25 bits per heavy atom. The lowest BCUT2D eigenvalue weighted by Crippen LogP contribution is -2.48. The maximum Gasteiger partial charge on any atom is 0.133 e. The lowest BCUT2D eigenvalue weighted by molar-refractivity contribution is 0.268. The molecule has 0 saturated carbocycles. The molecule has 0 spiro atoms. The van der Waals surface area contributed by atoms with Gasteiger partial charge >= 0.3 is 0 Å². The molecule has 4 heteroatoms. The van der Waals surface area contributed by atoms with Crippen LogP contribution in [0.25, 0.3) is 0 Å². The van der Waals surface area contributed by atoms with E-state index in [9.17, 15) is 0 Å². The molecule has 1 aliphatic rings.